The average molecular weight is 624 g/mol. The molecule has 2 bridgehead atoms. The van der Waals surface area contributed by atoms with Gasteiger partial charge >= 0.3 is 0 Å². The van der Waals surface area contributed by atoms with Crippen LogP contribution in [0.25, 0.3) is 53.6 Å². The molecule has 0 radical (unpaired) electrons. The molecule has 2 heteroatoms. The molecule has 2 saturated carbocycles. The Labute approximate surface area is 280 Å². The number of anilines is 2. The zero-order valence-electron chi connectivity index (χ0n) is 26.7. The number of thiophene rings is 1. The van der Waals surface area contributed by atoms with E-state index in [9.17, 15) is 0 Å². The third-order valence-corrected chi connectivity index (χ3v) is 13.0. The van der Waals surface area contributed by atoms with E-state index in [4.69, 9.17) is 0 Å². The van der Waals surface area contributed by atoms with E-state index in [0.717, 1.165) is 17.5 Å². The Morgan fingerprint density at radius 2 is 1.28 bits per heavy atom. The van der Waals surface area contributed by atoms with Crippen LogP contribution in [-0.2, 0) is 5.41 Å². The van der Waals surface area contributed by atoms with Crippen molar-refractivity contribution in [2.75, 3.05) is 5.32 Å². The number of rotatable bonds is 4. The Morgan fingerprint density at radius 3 is 2.17 bits per heavy atom. The normalized spacial score (nSPS) is 22.5. The molecular weight excluding hydrogens is 587 g/mol. The van der Waals surface area contributed by atoms with Gasteiger partial charge in [0.1, 0.15) is 0 Å². The summed E-state index contributed by atoms with van der Waals surface area (Å²) < 4.78 is 2.68. The van der Waals surface area contributed by atoms with E-state index in [0.29, 0.717) is 5.92 Å². The van der Waals surface area contributed by atoms with Gasteiger partial charge < -0.3 is 5.32 Å². The van der Waals surface area contributed by atoms with Crippen LogP contribution in [-0.4, -0.2) is 0 Å². The second kappa shape index (κ2) is 10.4. The molecule has 0 aliphatic heterocycles. The molecule has 10 rings (SSSR count). The summed E-state index contributed by atoms with van der Waals surface area (Å²) in [5, 5.41) is 6.50. The largest absolute Gasteiger partial charge is 0.356 e. The summed E-state index contributed by atoms with van der Waals surface area (Å²) in [6, 6.07) is 49.9. The van der Waals surface area contributed by atoms with Crippen molar-refractivity contribution in [3.05, 3.63) is 145 Å². The Hall–Kier alpha value is -4.66. The van der Waals surface area contributed by atoms with E-state index in [1.165, 1.54) is 84.9 Å². The summed E-state index contributed by atoms with van der Waals surface area (Å²) in [5.74, 6) is 2.31. The zero-order valence-corrected chi connectivity index (χ0v) is 27.5. The minimum Gasteiger partial charge on any atom is -0.356 e. The first-order valence-electron chi connectivity index (χ1n) is 17.3. The lowest BCUT2D eigenvalue weighted by Gasteiger charge is -2.47. The highest BCUT2D eigenvalue weighted by Gasteiger charge is 2.56. The number of hydrogen-bond acceptors (Lipinski definition) is 2. The Morgan fingerprint density at radius 1 is 0.574 bits per heavy atom. The molecule has 0 saturated heterocycles. The van der Waals surface area contributed by atoms with Crippen molar-refractivity contribution >= 4 is 42.9 Å². The molecule has 1 aromatic heterocycles. The summed E-state index contributed by atoms with van der Waals surface area (Å²) in [7, 11) is 0. The number of hydrogen-bond donors (Lipinski definition) is 1. The van der Waals surface area contributed by atoms with E-state index in [2.05, 4.69) is 146 Å². The lowest BCUT2D eigenvalue weighted by molar-refractivity contribution is 0.162. The highest BCUT2D eigenvalue weighted by Crippen LogP contribution is 2.65. The maximum absolute atomic E-state index is 3.81. The lowest BCUT2D eigenvalue weighted by Crippen LogP contribution is -2.43. The van der Waals surface area contributed by atoms with Crippen molar-refractivity contribution in [3.63, 3.8) is 0 Å². The first kappa shape index (κ1) is 27.5. The zero-order chi connectivity index (χ0) is 31.1. The minimum atomic E-state index is 0.140. The van der Waals surface area contributed by atoms with Gasteiger partial charge in [-0.15, -0.1) is 11.3 Å². The van der Waals surface area contributed by atoms with Crippen molar-refractivity contribution in [2.24, 2.45) is 17.8 Å². The van der Waals surface area contributed by atoms with Crippen molar-refractivity contribution in [3.8, 4) is 33.4 Å². The molecule has 228 valence electrons. The van der Waals surface area contributed by atoms with Crippen LogP contribution in [0.3, 0.4) is 0 Å². The SMILES string of the molecule is C[C@@H]1CC2CCC(C2)C12c1ccccc1-c1ccc(Nc3ccc(-c4ccccc4-c4cccc5sc6ccccc6c45)cc3)cc12. The summed E-state index contributed by atoms with van der Waals surface area (Å²) >= 11 is 1.88. The maximum atomic E-state index is 3.81. The third kappa shape index (κ3) is 4.01. The van der Waals surface area contributed by atoms with E-state index in [1.54, 1.807) is 11.1 Å². The van der Waals surface area contributed by atoms with Crippen LogP contribution < -0.4 is 5.32 Å². The summed E-state index contributed by atoms with van der Waals surface area (Å²) in [6.45, 7) is 2.54. The van der Waals surface area contributed by atoms with Crippen molar-refractivity contribution in [2.45, 2.75) is 38.0 Å². The van der Waals surface area contributed by atoms with E-state index in [-0.39, 0.29) is 5.41 Å². The van der Waals surface area contributed by atoms with Crippen molar-refractivity contribution in [1.82, 2.24) is 0 Å². The van der Waals surface area contributed by atoms with E-state index < -0.39 is 0 Å². The Kier molecular flexibility index (Phi) is 6.09. The van der Waals surface area contributed by atoms with Crippen LogP contribution in [0.15, 0.2) is 133 Å². The predicted molar refractivity (Wildman–Crippen MR) is 201 cm³/mol. The van der Waals surface area contributed by atoms with Crippen LogP contribution in [0.1, 0.15) is 43.7 Å². The molecule has 47 heavy (non-hydrogen) atoms. The Bertz CT molecular complexity index is 2330. The molecule has 3 unspecified atom stereocenters. The van der Waals surface area contributed by atoms with Gasteiger partial charge in [0.15, 0.2) is 0 Å². The molecule has 7 aromatic rings. The smallest absolute Gasteiger partial charge is 0.0387 e. The molecule has 4 atom stereocenters. The van der Waals surface area contributed by atoms with Crippen LogP contribution in [0, 0.1) is 17.8 Å². The van der Waals surface area contributed by atoms with Crippen LogP contribution >= 0.6 is 11.3 Å². The van der Waals surface area contributed by atoms with Crippen molar-refractivity contribution < 1.29 is 0 Å². The second-order valence-corrected chi connectivity index (χ2v) is 15.3. The van der Waals surface area contributed by atoms with Gasteiger partial charge in [0, 0.05) is 37.0 Å². The van der Waals surface area contributed by atoms with Gasteiger partial charge in [-0.2, -0.15) is 0 Å². The highest BCUT2D eigenvalue weighted by atomic mass is 32.1. The first-order valence-corrected chi connectivity index (χ1v) is 18.1. The predicted octanol–water partition coefficient (Wildman–Crippen LogP) is 12.9. The average Bonchev–Trinajstić information content (AvgIpc) is 3.79. The monoisotopic (exact) mass is 623 g/mol. The van der Waals surface area contributed by atoms with Gasteiger partial charge in [-0.25, -0.2) is 0 Å². The molecule has 6 aromatic carbocycles. The van der Waals surface area contributed by atoms with Gasteiger partial charge in [-0.05, 0) is 118 Å². The molecule has 0 amide bonds. The quantitative estimate of drug-likeness (QED) is 0.206. The van der Waals surface area contributed by atoms with Gasteiger partial charge in [0.2, 0.25) is 0 Å². The van der Waals surface area contributed by atoms with Crippen molar-refractivity contribution in [1.29, 1.82) is 0 Å². The highest BCUT2D eigenvalue weighted by molar-refractivity contribution is 7.25. The molecule has 1 nitrogen and oxygen atoms in total. The molecular formula is C45H37NS. The fraction of sp³-hybridized carbons (Fsp3) is 0.200. The molecule has 3 aliphatic rings. The van der Waals surface area contributed by atoms with E-state index in [1.807, 2.05) is 11.3 Å². The van der Waals surface area contributed by atoms with Gasteiger partial charge in [0.05, 0.1) is 0 Å². The lowest BCUT2D eigenvalue weighted by atomic mass is 9.56. The molecule has 2 fully saturated rings. The van der Waals surface area contributed by atoms with Gasteiger partial charge in [-0.1, -0.05) is 110 Å². The molecule has 3 aliphatic carbocycles. The van der Waals surface area contributed by atoms with E-state index >= 15 is 0 Å². The van der Waals surface area contributed by atoms with Crippen LogP contribution in [0.2, 0.25) is 0 Å². The maximum Gasteiger partial charge on any atom is 0.0387 e. The molecule has 1 spiro atoms. The van der Waals surface area contributed by atoms with Gasteiger partial charge in [-0.3, -0.25) is 0 Å². The standard InChI is InChI=1S/C45H37NS/c1-28-25-29-17-20-31(26-29)45(28)40-14-6-4-11-36(40)37-24-23-33(27-41(37)45)46-32-21-18-30(19-22-32)34-9-2-3-10-35(34)38-13-8-16-43-44(38)39-12-5-7-15-42(39)47-43/h2-16,18-19,21-24,27-29,31,46H,17,20,25-26H2,1H3/t28-,29?,31?,45?/m1/s1. The summed E-state index contributed by atoms with van der Waals surface area (Å²) in [4.78, 5) is 0. The second-order valence-electron chi connectivity index (χ2n) is 14.2. The third-order valence-electron chi connectivity index (χ3n) is 11.9. The minimum absolute atomic E-state index is 0.140. The fourth-order valence-corrected chi connectivity index (χ4v) is 11.2. The fourth-order valence-electron chi connectivity index (χ4n) is 10.1. The topological polar surface area (TPSA) is 12.0 Å². The number of fused-ring (bicyclic) bond motifs is 11. The summed E-state index contributed by atoms with van der Waals surface area (Å²) in [6.07, 6.45) is 5.50. The Balaban J connectivity index is 1.01. The van der Waals surface area contributed by atoms with Crippen LogP contribution in [0.4, 0.5) is 11.4 Å². The number of nitrogens with one attached hydrogen (secondary N) is 1. The molecule has 1 N–H and O–H groups in total. The first-order chi connectivity index (χ1) is 23.2. The van der Waals surface area contributed by atoms with Gasteiger partial charge in [0.25, 0.3) is 0 Å². The summed E-state index contributed by atoms with van der Waals surface area (Å²) in [5.41, 5.74) is 13.6. The number of benzene rings is 6. The molecule has 1 heterocycles. The van der Waals surface area contributed by atoms with Crippen LogP contribution in [0.5, 0.6) is 0 Å².